The average Bonchev–Trinajstić information content (AvgIpc) is 2.71. The summed E-state index contributed by atoms with van der Waals surface area (Å²) in [6.45, 7) is -0.105. The van der Waals surface area contributed by atoms with E-state index in [9.17, 15) is 9.90 Å². The molecule has 29 heavy (non-hydrogen) atoms. The number of hydrogen-bond donors (Lipinski definition) is 3. The monoisotopic (exact) mass is 412 g/mol. The number of rotatable bonds is 23. The molecule has 0 aromatic heterocycles. The van der Waals surface area contributed by atoms with Crippen LogP contribution in [0.5, 0.6) is 0 Å². The van der Waals surface area contributed by atoms with Gasteiger partial charge in [0.2, 0.25) is 0 Å². The van der Waals surface area contributed by atoms with E-state index in [0.29, 0.717) is 6.42 Å². The molecule has 0 rings (SSSR count). The zero-order chi connectivity index (χ0) is 21.4. The maximum Gasteiger partial charge on any atom is 0.303 e. The van der Waals surface area contributed by atoms with E-state index in [1.165, 1.54) is 96.3 Å². The molecule has 4 heteroatoms. The van der Waals surface area contributed by atoms with Gasteiger partial charge >= 0.3 is 5.97 Å². The molecule has 4 nitrogen and oxygen atoms in total. The molecule has 0 aromatic carbocycles. The number of carbonyl (C=O) groups is 1. The summed E-state index contributed by atoms with van der Waals surface area (Å²) in [5, 5.41) is 26.6. The molecule has 0 aromatic rings. The Morgan fingerprint density at radius 1 is 0.621 bits per heavy atom. The molecule has 0 aliphatic rings. The maximum atomic E-state index is 10.4. The number of carboxylic acid groups (broad SMARTS) is 1. The van der Waals surface area contributed by atoms with Crippen molar-refractivity contribution in [2.45, 2.75) is 135 Å². The molecule has 0 radical (unpaired) electrons. The maximum absolute atomic E-state index is 10.4. The molecule has 0 saturated heterocycles. The van der Waals surface area contributed by atoms with Crippen LogP contribution in [0.25, 0.3) is 0 Å². The van der Waals surface area contributed by atoms with Gasteiger partial charge in [0.15, 0.2) is 0 Å². The topological polar surface area (TPSA) is 77.8 Å². The second kappa shape index (κ2) is 23.4. The predicted octanol–water partition coefficient (Wildman–Crippen LogP) is 6.78. The Balaban J connectivity index is 3.11. The van der Waals surface area contributed by atoms with Gasteiger partial charge in [-0.3, -0.25) is 4.79 Å². The first-order chi connectivity index (χ1) is 14.2. The van der Waals surface area contributed by atoms with E-state index in [2.05, 4.69) is 12.2 Å². The SMILES string of the molecule is O=C(O)CCCCCCCCCCC/C=C\CCCCCCCCCC(O)CO. The molecular formula is C25H48O4. The third-order valence-corrected chi connectivity index (χ3v) is 5.55. The molecule has 0 heterocycles. The highest BCUT2D eigenvalue weighted by molar-refractivity contribution is 5.66. The quantitative estimate of drug-likeness (QED) is 0.128. The number of allylic oxidation sites excluding steroid dienone is 2. The van der Waals surface area contributed by atoms with Crippen molar-refractivity contribution in [1.29, 1.82) is 0 Å². The lowest BCUT2D eigenvalue weighted by Crippen LogP contribution is -2.10. The van der Waals surface area contributed by atoms with Crippen molar-refractivity contribution >= 4 is 5.97 Å². The molecule has 0 aliphatic carbocycles. The van der Waals surface area contributed by atoms with Crippen LogP contribution in [0.2, 0.25) is 0 Å². The summed E-state index contributed by atoms with van der Waals surface area (Å²) in [5.74, 6) is -0.668. The summed E-state index contributed by atoms with van der Waals surface area (Å²) < 4.78 is 0. The van der Waals surface area contributed by atoms with Gasteiger partial charge in [-0.1, -0.05) is 95.6 Å². The standard InChI is InChI=1S/C25H48O4/c26-23-24(27)21-19-17-15-13-11-9-7-5-3-1-2-4-6-8-10-12-14-16-18-20-22-25(28)29/h1,3,24,26-27H,2,4-23H2,(H,28,29)/b3-1-. The number of aliphatic carboxylic acids is 1. The Labute approximate surface area is 179 Å². The zero-order valence-electron chi connectivity index (χ0n) is 18.8. The molecule has 0 saturated carbocycles. The van der Waals surface area contributed by atoms with Gasteiger partial charge < -0.3 is 15.3 Å². The summed E-state index contributed by atoms with van der Waals surface area (Å²) in [6, 6.07) is 0. The molecular weight excluding hydrogens is 364 g/mol. The Kier molecular flexibility index (Phi) is 22.7. The van der Waals surface area contributed by atoms with Crippen molar-refractivity contribution in [2.75, 3.05) is 6.61 Å². The average molecular weight is 413 g/mol. The molecule has 0 bridgehead atoms. The second-order valence-corrected chi connectivity index (χ2v) is 8.47. The lowest BCUT2D eigenvalue weighted by atomic mass is 10.0. The first kappa shape index (κ1) is 28.1. The smallest absolute Gasteiger partial charge is 0.303 e. The van der Waals surface area contributed by atoms with Crippen LogP contribution < -0.4 is 0 Å². The Hall–Kier alpha value is -0.870. The van der Waals surface area contributed by atoms with Crippen LogP contribution in [0.15, 0.2) is 12.2 Å². The zero-order valence-corrected chi connectivity index (χ0v) is 18.8. The number of hydrogen-bond acceptors (Lipinski definition) is 3. The lowest BCUT2D eigenvalue weighted by Gasteiger charge is -2.06. The van der Waals surface area contributed by atoms with Crippen LogP contribution in [0.3, 0.4) is 0 Å². The minimum absolute atomic E-state index is 0.105. The first-order valence-electron chi connectivity index (χ1n) is 12.3. The van der Waals surface area contributed by atoms with Crippen molar-refractivity contribution in [3.63, 3.8) is 0 Å². The van der Waals surface area contributed by atoms with E-state index in [1.807, 2.05) is 0 Å². The highest BCUT2D eigenvalue weighted by Gasteiger charge is 2.00. The number of carboxylic acids is 1. The van der Waals surface area contributed by atoms with Crippen molar-refractivity contribution in [1.82, 2.24) is 0 Å². The van der Waals surface area contributed by atoms with Crippen LogP contribution >= 0.6 is 0 Å². The van der Waals surface area contributed by atoms with E-state index in [1.54, 1.807) is 0 Å². The minimum atomic E-state index is -0.668. The van der Waals surface area contributed by atoms with Crippen molar-refractivity contribution in [3.8, 4) is 0 Å². The summed E-state index contributed by atoms with van der Waals surface area (Å²) >= 11 is 0. The predicted molar refractivity (Wildman–Crippen MR) is 122 cm³/mol. The van der Waals surface area contributed by atoms with Gasteiger partial charge in [0, 0.05) is 6.42 Å². The van der Waals surface area contributed by atoms with E-state index in [0.717, 1.165) is 25.7 Å². The molecule has 0 spiro atoms. The molecule has 0 aliphatic heterocycles. The molecule has 172 valence electrons. The van der Waals surface area contributed by atoms with Gasteiger partial charge in [-0.15, -0.1) is 0 Å². The number of aliphatic hydroxyl groups is 2. The fourth-order valence-electron chi connectivity index (χ4n) is 3.63. The van der Waals surface area contributed by atoms with Crippen molar-refractivity contribution in [3.05, 3.63) is 12.2 Å². The molecule has 1 atom stereocenters. The van der Waals surface area contributed by atoms with Crippen LogP contribution in [-0.4, -0.2) is 34.0 Å². The molecule has 1 unspecified atom stereocenters. The van der Waals surface area contributed by atoms with Crippen LogP contribution in [0, 0.1) is 0 Å². The van der Waals surface area contributed by atoms with E-state index in [-0.39, 0.29) is 6.61 Å². The fourth-order valence-corrected chi connectivity index (χ4v) is 3.63. The Bertz CT molecular complexity index is 368. The molecule has 3 N–H and O–H groups in total. The Morgan fingerprint density at radius 2 is 1.00 bits per heavy atom. The van der Waals surface area contributed by atoms with E-state index >= 15 is 0 Å². The van der Waals surface area contributed by atoms with Gasteiger partial charge in [0.25, 0.3) is 0 Å². The van der Waals surface area contributed by atoms with Gasteiger partial charge in [-0.05, 0) is 38.5 Å². The first-order valence-corrected chi connectivity index (χ1v) is 12.3. The third kappa shape index (κ3) is 25.1. The fraction of sp³-hybridized carbons (Fsp3) is 0.880. The summed E-state index contributed by atoms with van der Waals surface area (Å²) in [7, 11) is 0. The molecule has 0 fully saturated rings. The van der Waals surface area contributed by atoms with Gasteiger partial charge in [0.1, 0.15) is 0 Å². The Morgan fingerprint density at radius 3 is 1.41 bits per heavy atom. The van der Waals surface area contributed by atoms with Gasteiger partial charge in [-0.2, -0.15) is 0 Å². The van der Waals surface area contributed by atoms with Crippen LogP contribution in [-0.2, 0) is 4.79 Å². The van der Waals surface area contributed by atoms with Crippen LogP contribution in [0.4, 0.5) is 0 Å². The normalized spacial score (nSPS) is 12.6. The third-order valence-electron chi connectivity index (χ3n) is 5.55. The lowest BCUT2D eigenvalue weighted by molar-refractivity contribution is -0.137. The summed E-state index contributed by atoms with van der Waals surface area (Å²) in [5.41, 5.74) is 0. The van der Waals surface area contributed by atoms with Crippen molar-refractivity contribution in [2.24, 2.45) is 0 Å². The highest BCUT2D eigenvalue weighted by atomic mass is 16.4. The summed E-state index contributed by atoms with van der Waals surface area (Å²) in [6.07, 6.45) is 27.3. The second-order valence-electron chi connectivity index (χ2n) is 8.47. The van der Waals surface area contributed by atoms with Gasteiger partial charge in [0.05, 0.1) is 12.7 Å². The van der Waals surface area contributed by atoms with E-state index in [4.69, 9.17) is 10.2 Å². The molecule has 0 amide bonds. The van der Waals surface area contributed by atoms with Crippen molar-refractivity contribution < 1.29 is 20.1 Å². The highest BCUT2D eigenvalue weighted by Crippen LogP contribution is 2.13. The van der Waals surface area contributed by atoms with E-state index < -0.39 is 12.1 Å². The number of unbranched alkanes of at least 4 members (excludes halogenated alkanes) is 16. The minimum Gasteiger partial charge on any atom is -0.481 e. The summed E-state index contributed by atoms with van der Waals surface area (Å²) in [4.78, 5) is 10.4. The largest absolute Gasteiger partial charge is 0.481 e. The number of aliphatic hydroxyl groups excluding tert-OH is 2. The van der Waals surface area contributed by atoms with Gasteiger partial charge in [-0.25, -0.2) is 0 Å². The van der Waals surface area contributed by atoms with Crippen LogP contribution in [0.1, 0.15) is 128 Å².